The first kappa shape index (κ1) is 22.1. The summed E-state index contributed by atoms with van der Waals surface area (Å²) in [6, 6.07) is 14.9. The zero-order valence-electron chi connectivity index (χ0n) is 16.8. The summed E-state index contributed by atoms with van der Waals surface area (Å²) in [5, 5.41) is 25.5. The molecule has 1 atom stereocenters. The van der Waals surface area contributed by atoms with Gasteiger partial charge in [-0.2, -0.15) is 0 Å². The minimum absolute atomic E-state index is 0.110. The van der Waals surface area contributed by atoms with Gasteiger partial charge in [0.2, 0.25) is 0 Å². The van der Waals surface area contributed by atoms with Crippen LogP contribution in [-0.2, 0) is 24.9 Å². The summed E-state index contributed by atoms with van der Waals surface area (Å²) in [5.41, 5.74) is 8.79. The molecule has 0 fully saturated rings. The van der Waals surface area contributed by atoms with E-state index in [4.69, 9.17) is 28.9 Å². The van der Waals surface area contributed by atoms with Gasteiger partial charge in [0.05, 0.1) is 26.1 Å². The topological polar surface area (TPSA) is 118 Å². The molecule has 164 valence electrons. The number of nitro benzene ring substituents is 1. The molecule has 1 unspecified atom stereocenters. The largest absolute Gasteiger partial charge is 0.478 e. The van der Waals surface area contributed by atoms with Gasteiger partial charge >= 0.3 is 5.97 Å². The van der Waals surface area contributed by atoms with Gasteiger partial charge < -0.3 is 16.2 Å². The predicted octanol–water partition coefficient (Wildman–Crippen LogP) is 4.97. The number of fused-ring (bicyclic) bond motifs is 1. The number of aromatic carboxylic acids is 1. The van der Waals surface area contributed by atoms with Crippen molar-refractivity contribution in [2.75, 3.05) is 5.73 Å². The molecule has 3 aromatic rings. The standard InChI is InChI=1S/C23H19Cl2N3O4/c24-20-6-1-13(7-21(20)25)12-27-23(10-14-2-3-16(26)8-15(14)11-23)19-5-4-17(28(31)32)9-18(19)22(29)30/h1-9,27H,10-12,26H2,(H,29,30). The smallest absolute Gasteiger partial charge is 0.336 e. The van der Waals surface area contributed by atoms with E-state index in [1.807, 2.05) is 24.3 Å². The summed E-state index contributed by atoms with van der Waals surface area (Å²) in [7, 11) is 0. The lowest BCUT2D eigenvalue weighted by Crippen LogP contribution is -2.44. The average Bonchev–Trinajstić information content (AvgIpc) is 3.12. The Hall–Kier alpha value is -3.13. The molecular weight excluding hydrogens is 453 g/mol. The molecule has 0 amide bonds. The highest BCUT2D eigenvalue weighted by Gasteiger charge is 2.41. The normalized spacial score (nSPS) is 17.2. The number of nitro groups is 1. The number of carbonyl (C=O) groups is 1. The van der Waals surface area contributed by atoms with E-state index in [0.29, 0.717) is 40.7 Å². The number of hydrogen-bond donors (Lipinski definition) is 3. The van der Waals surface area contributed by atoms with Crippen LogP contribution in [0.15, 0.2) is 54.6 Å². The second-order valence-corrected chi connectivity index (χ2v) is 8.67. The Morgan fingerprint density at radius 2 is 1.81 bits per heavy atom. The summed E-state index contributed by atoms with van der Waals surface area (Å²) >= 11 is 12.2. The Morgan fingerprint density at radius 1 is 1.06 bits per heavy atom. The molecule has 0 saturated heterocycles. The number of anilines is 1. The van der Waals surface area contributed by atoms with Crippen molar-refractivity contribution < 1.29 is 14.8 Å². The molecule has 0 aliphatic heterocycles. The number of carboxylic acids is 1. The summed E-state index contributed by atoms with van der Waals surface area (Å²) in [6.07, 6.45) is 0.981. The lowest BCUT2D eigenvalue weighted by molar-refractivity contribution is -0.384. The molecule has 32 heavy (non-hydrogen) atoms. The molecule has 0 radical (unpaired) electrons. The predicted molar refractivity (Wildman–Crippen MR) is 123 cm³/mol. The minimum Gasteiger partial charge on any atom is -0.478 e. The maximum Gasteiger partial charge on any atom is 0.336 e. The number of non-ortho nitro benzene ring substituents is 1. The van der Waals surface area contributed by atoms with Crippen LogP contribution in [0, 0.1) is 10.1 Å². The Kier molecular flexibility index (Phi) is 5.81. The number of nitrogens with one attached hydrogen (secondary N) is 1. The first-order valence-corrected chi connectivity index (χ1v) is 10.5. The van der Waals surface area contributed by atoms with Crippen molar-refractivity contribution in [2.45, 2.75) is 24.9 Å². The van der Waals surface area contributed by atoms with Gasteiger partial charge in [-0.25, -0.2) is 4.79 Å². The molecule has 4 rings (SSSR count). The number of benzene rings is 3. The minimum atomic E-state index is -1.23. The van der Waals surface area contributed by atoms with Crippen LogP contribution in [0.2, 0.25) is 10.0 Å². The lowest BCUT2D eigenvalue weighted by atomic mass is 9.83. The first-order valence-electron chi connectivity index (χ1n) is 9.77. The van der Waals surface area contributed by atoms with E-state index in [9.17, 15) is 20.0 Å². The first-order chi connectivity index (χ1) is 15.2. The number of hydrogen-bond acceptors (Lipinski definition) is 5. The number of carboxylic acid groups (broad SMARTS) is 1. The highest BCUT2D eigenvalue weighted by molar-refractivity contribution is 6.42. The van der Waals surface area contributed by atoms with Crippen LogP contribution >= 0.6 is 23.2 Å². The molecule has 1 aliphatic rings. The number of nitrogens with zero attached hydrogens (tertiary/aromatic N) is 1. The zero-order chi connectivity index (χ0) is 23.0. The molecule has 1 aliphatic carbocycles. The van der Waals surface area contributed by atoms with Gasteiger partial charge in [0.1, 0.15) is 0 Å². The lowest BCUT2D eigenvalue weighted by Gasteiger charge is -2.32. The highest BCUT2D eigenvalue weighted by atomic mass is 35.5. The molecule has 0 heterocycles. The third kappa shape index (κ3) is 4.14. The van der Waals surface area contributed by atoms with E-state index in [1.165, 1.54) is 12.1 Å². The fraction of sp³-hybridized carbons (Fsp3) is 0.174. The van der Waals surface area contributed by atoms with Crippen LogP contribution < -0.4 is 11.1 Å². The van der Waals surface area contributed by atoms with E-state index in [2.05, 4.69) is 5.32 Å². The highest BCUT2D eigenvalue weighted by Crippen LogP contribution is 2.41. The second kappa shape index (κ2) is 8.43. The summed E-state index contributed by atoms with van der Waals surface area (Å²) < 4.78 is 0. The maximum absolute atomic E-state index is 12.1. The van der Waals surface area contributed by atoms with Gasteiger partial charge in [-0.1, -0.05) is 35.3 Å². The van der Waals surface area contributed by atoms with Gasteiger partial charge in [-0.05, 0) is 65.4 Å². The van der Waals surface area contributed by atoms with Crippen molar-refractivity contribution in [1.29, 1.82) is 0 Å². The quantitative estimate of drug-likeness (QED) is 0.265. The Labute approximate surface area is 193 Å². The van der Waals surface area contributed by atoms with E-state index in [0.717, 1.165) is 22.8 Å². The van der Waals surface area contributed by atoms with Crippen LogP contribution in [-0.4, -0.2) is 16.0 Å². The average molecular weight is 472 g/mol. The van der Waals surface area contributed by atoms with Gasteiger partial charge in [0.15, 0.2) is 0 Å². The maximum atomic E-state index is 12.1. The summed E-state index contributed by atoms with van der Waals surface area (Å²) in [5.74, 6) is -1.23. The van der Waals surface area contributed by atoms with Gasteiger partial charge in [0.25, 0.3) is 5.69 Å². The fourth-order valence-electron chi connectivity index (χ4n) is 4.27. The molecule has 0 saturated carbocycles. The fourth-order valence-corrected chi connectivity index (χ4v) is 4.59. The Morgan fingerprint density at radius 3 is 2.50 bits per heavy atom. The third-order valence-corrected chi connectivity index (χ3v) is 6.53. The monoisotopic (exact) mass is 471 g/mol. The zero-order valence-corrected chi connectivity index (χ0v) is 18.3. The van der Waals surface area contributed by atoms with E-state index in [1.54, 1.807) is 12.1 Å². The SMILES string of the molecule is Nc1ccc2c(c1)CC(NCc1ccc(Cl)c(Cl)c1)(c1ccc([N+](=O)[O-])cc1C(=O)O)C2. The number of halogens is 2. The molecule has 0 spiro atoms. The summed E-state index contributed by atoms with van der Waals surface area (Å²) in [6.45, 7) is 0.385. The van der Waals surface area contributed by atoms with Gasteiger partial charge in [-0.3, -0.25) is 10.1 Å². The van der Waals surface area contributed by atoms with Crippen LogP contribution in [0.4, 0.5) is 11.4 Å². The molecular formula is C23H19Cl2N3O4. The van der Waals surface area contributed by atoms with Crippen LogP contribution in [0.25, 0.3) is 0 Å². The van der Waals surface area contributed by atoms with Crippen molar-refractivity contribution in [3.63, 3.8) is 0 Å². The molecule has 9 heteroatoms. The summed E-state index contributed by atoms with van der Waals surface area (Å²) in [4.78, 5) is 22.7. The van der Waals surface area contributed by atoms with E-state index in [-0.39, 0.29) is 11.3 Å². The van der Waals surface area contributed by atoms with Crippen molar-refractivity contribution in [2.24, 2.45) is 0 Å². The van der Waals surface area contributed by atoms with Gasteiger partial charge in [-0.15, -0.1) is 0 Å². The van der Waals surface area contributed by atoms with Crippen molar-refractivity contribution in [3.8, 4) is 0 Å². The Bertz CT molecular complexity index is 1250. The molecule has 0 aromatic heterocycles. The molecule has 4 N–H and O–H groups in total. The van der Waals surface area contributed by atoms with Crippen LogP contribution in [0.5, 0.6) is 0 Å². The van der Waals surface area contributed by atoms with Crippen LogP contribution in [0.3, 0.4) is 0 Å². The van der Waals surface area contributed by atoms with Crippen molar-refractivity contribution >= 4 is 40.5 Å². The number of rotatable bonds is 6. The number of nitrogen functional groups attached to an aromatic ring is 1. The molecule has 3 aromatic carbocycles. The third-order valence-electron chi connectivity index (χ3n) is 5.79. The second-order valence-electron chi connectivity index (χ2n) is 7.86. The van der Waals surface area contributed by atoms with Crippen molar-refractivity contribution in [1.82, 2.24) is 5.32 Å². The van der Waals surface area contributed by atoms with Gasteiger partial charge in [0, 0.05) is 24.4 Å². The number of nitrogens with two attached hydrogens (primary N) is 1. The van der Waals surface area contributed by atoms with Crippen molar-refractivity contribution in [3.05, 3.63) is 103 Å². The Balaban J connectivity index is 1.79. The van der Waals surface area contributed by atoms with E-state index >= 15 is 0 Å². The van der Waals surface area contributed by atoms with E-state index < -0.39 is 16.4 Å². The van der Waals surface area contributed by atoms with Crippen LogP contribution in [0.1, 0.15) is 32.6 Å². The molecule has 7 nitrogen and oxygen atoms in total. The molecule has 0 bridgehead atoms.